The Morgan fingerprint density at radius 1 is 1.42 bits per heavy atom. The van der Waals surface area contributed by atoms with Crippen LogP contribution in [-0.4, -0.2) is 13.0 Å². The first-order chi connectivity index (χ1) is 9.11. The fourth-order valence-corrected chi connectivity index (χ4v) is 2.14. The molecule has 1 amide bonds. The van der Waals surface area contributed by atoms with Crippen molar-refractivity contribution in [1.82, 2.24) is 5.32 Å². The van der Waals surface area contributed by atoms with Crippen molar-refractivity contribution in [2.45, 2.75) is 13.0 Å². The van der Waals surface area contributed by atoms with E-state index in [-0.39, 0.29) is 11.9 Å². The van der Waals surface area contributed by atoms with Gasteiger partial charge in [-0.2, -0.15) is 0 Å². The molecule has 0 bridgehead atoms. The summed E-state index contributed by atoms with van der Waals surface area (Å²) < 4.78 is 10.6. The third-order valence-electron chi connectivity index (χ3n) is 2.80. The zero-order valence-electron chi connectivity index (χ0n) is 10.6. The van der Waals surface area contributed by atoms with Gasteiger partial charge in [-0.1, -0.05) is 12.1 Å². The van der Waals surface area contributed by atoms with Gasteiger partial charge >= 0.3 is 0 Å². The number of ether oxygens (including phenoxy) is 1. The molecule has 0 fully saturated rings. The van der Waals surface area contributed by atoms with Crippen molar-refractivity contribution in [3.63, 3.8) is 0 Å². The van der Waals surface area contributed by atoms with Gasteiger partial charge in [-0.05, 0) is 46.6 Å². The molecule has 0 radical (unpaired) electrons. The van der Waals surface area contributed by atoms with Gasteiger partial charge in [-0.3, -0.25) is 4.79 Å². The molecule has 0 aliphatic rings. The number of hydrogen-bond donors (Lipinski definition) is 1. The van der Waals surface area contributed by atoms with Gasteiger partial charge in [0.1, 0.15) is 5.75 Å². The van der Waals surface area contributed by atoms with E-state index in [1.807, 2.05) is 31.2 Å². The van der Waals surface area contributed by atoms with Crippen LogP contribution in [0.1, 0.15) is 28.9 Å². The Morgan fingerprint density at radius 2 is 2.21 bits per heavy atom. The fourth-order valence-electron chi connectivity index (χ4n) is 1.72. The average Bonchev–Trinajstić information content (AvgIpc) is 2.85. The summed E-state index contributed by atoms with van der Waals surface area (Å²) in [4.78, 5) is 12.0. The van der Waals surface area contributed by atoms with Crippen LogP contribution in [0.4, 0.5) is 0 Å². The van der Waals surface area contributed by atoms with E-state index in [4.69, 9.17) is 9.15 Å². The third kappa shape index (κ3) is 3.17. The molecular weight excluding hydrogens is 310 g/mol. The number of rotatable bonds is 4. The summed E-state index contributed by atoms with van der Waals surface area (Å²) >= 11 is 3.19. The maximum absolute atomic E-state index is 12.0. The molecule has 0 spiro atoms. The predicted molar refractivity (Wildman–Crippen MR) is 75.3 cm³/mol. The van der Waals surface area contributed by atoms with Gasteiger partial charge in [0.15, 0.2) is 4.67 Å². The molecule has 0 saturated heterocycles. The highest BCUT2D eigenvalue weighted by atomic mass is 79.9. The number of carbonyl (C=O) groups is 1. The van der Waals surface area contributed by atoms with Crippen LogP contribution < -0.4 is 10.1 Å². The molecule has 1 atom stereocenters. The van der Waals surface area contributed by atoms with Crippen LogP contribution in [0.5, 0.6) is 5.75 Å². The van der Waals surface area contributed by atoms with Crippen LogP contribution in [0.2, 0.25) is 0 Å². The second kappa shape index (κ2) is 5.93. The molecule has 2 rings (SSSR count). The standard InChI is InChI=1S/C14H14BrNO3/c1-9(10-4-3-5-11(8-10)18-2)16-14(17)12-6-7-19-13(12)15/h3-9H,1-2H3,(H,16,17). The topological polar surface area (TPSA) is 51.5 Å². The van der Waals surface area contributed by atoms with Crippen LogP contribution in [0, 0.1) is 0 Å². The largest absolute Gasteiger partial charge is 0.497 e. The maximum atomic E-state index is 12.0. The van der Waals surface area contributed by atoms with Gasteiger partial charge in [0, 0.05) is 0 Å². The first-order valence-corrected chi connectivity index (χ1v) is 6.59. The van der Waals surface area contributed by atoms with Gasteiger partial charge in [0.25, 0.3) is 5.91 Å². The molecule has 5 heteroatoms. The Kier molecular flexibility index (Phi) is 4.27. The van der Waals surface area contributed by atoms with Crippen LogP contribution in [-0.2, 0) is 0 Å². The monoisotopic (exact) mass is 323 g/mol. The van der Waals surface area contributed by atoms with Gasteiger partial charge in [0.2, 0.25) is 0 Å². The highest BCUT2D eigenvalue weighted by molar-refractivity contribution is 9.10. The Balaban J connectivity index is 2.10. The molecule has 1 aromatic heterocycles. The average molecular weight is 324 g/mol. The minimum Gasteiger partial charge on any atom is -0.497 e. The second-order valence-corrected chi connectivity index (χ2v) is 4.80. The van der Waals surface area contributed by atoms with Crippen molar-refractivity contribution in [2.75, 3.05) is 7.11 Å². The molecule has 0 aliphatic heterocycles. The number of hydrogen-bond acceptors (Lipinski definition) is 3. The van der Waals surface area contributed by atoms with Crippen molar-refractivity contribution in [3.8, 4) is 5.75 Å². The normalized spacial score (nSPS) is 11.9. The van der Waals surface area contributed by atoms with Crippen LogP contribution in [0.3, 0.4) is 0 Å². The van der Waals surface area contributed by atoms with E-state index in [9.17, 15) is 4.79 Å². The summed E-state index contributed by atoms with van der Waals surface area (Å²) in [5.41, 5.74) is 1.46. The Morgan fingerprint density at radius 3 is 2.84 bits per heavy atom. The lowest BCUT2D eigenvalue weighted by atomic mass is 10.1. The van der Waals surface area contributed by atoms with Crippen LogP contribution in [0.25, 0.3) is 0 Å². The van der Waals surface area contributed by atoms with Gasteiger partial charge in [-0.25, -0.2) is 0 Å². The zero-order valence-corrected chi connectivity index (χ0v) is 12.2. The highest BCUT2D eigenvalue weighted by Gasteiger charge is 2.16. The number of carbonyl (C=O) groups excluding carboxylic acids is 1. The van der Waals surface area contributed by atoms with Crippen molar-refractivity contribution < 1.29 is 13.9 Å². The van der Waals surface area contributed by atoms with E-state index in [2.05, 4.69) is 21.2 Å². The molecule has 1 unspecified atom stereocenters. The summed E-state index contributed by atoms with van der Waals surface area (Å²) in [6.07, 6.45) is 1.47. The van der Waals surface area contributed by atoms with E-state index < -0.39 is 0 Å². The molecule has 0 aliphatic carbocycles. The number of benzene rings is 1. The third-order valence-corrected chi connectivity index (χ3v) is 3.42. The smallest absolute Gasteiger partial charge is 0.256 e. The highest BCUT2D eigenvalue weighted by Crippen LogP contribution is 2.21. The summed E-state index contributed by atoms with van der Waals surface area (Å²) in [7, 11) is 1.62. The van der Waals surface area contributed by atoms with E-state index in [0.717, 1.165) is 11.3 Å². The summed E-state index contributed by atoms with van der Waals surface area (Å²) in [6.45, 7) is 1.92. The minimum atomic E-state index is -0.184. The summed E-state index contributed by atoms with van der Waals surface area (Å²) in [6, 6.07) is 9.10. The summed E-state index contributed by atoms with van der Waals surface area (Å²) in [5, 5.41) is 2.91. The lowest BCUT2D eigenvalue weighted by Crippen LogP contribution is -2.26. The fraction of sp³-hybridized carbons (Fsp3) is 0.214. The number of nitrogens with one attached hydrogen (secondary N) is 1. The predicted octanol–water partition coefficient (Wildman–Crippen LogP) is 3.54. The number of furan rings is 1. The number of halogens is 1. The minimum absolute atomic E-state index is 0.121. The lowest BCUT2D eigenvalue weighted by molar-refractivity contribution is 0.0938. The zero-order chi connectivity index (χ0) is 13.8. The Bertz CT molecular complexity index is 580. The first-order valence-electron chi connectivity index (χ1n) is 5.79. The van der Waals surface area contributed by atoms with Gasteiger partial charge < -0.3 is 14.5 Å². The molecule has 4 nitrogen and oxygen atoms in total. The molecule has 1 N–H and O–H groups in total. The molecule has 19 heavy (non-hydrogen) atoms. The molecular formula is C14H14BrNO3. The molecule has 2 aromatic rings. The van der Waals surface area contributed by atoms with E-state index in [1.54, 1.807) is 13.2 Å². The number of methoxy groups -OCH3 is 1. The van der Waals surface area contributed by atoms with E-state index in [0.29, 0.717) is 10.2 Å². The molecule has 100 valence electrons. The Labute approximate surface area is 119 Å². The van der Waals surface area contributed by atoms with Crippen molar-refractivity contribution in [1.29, 1.82) is 0 Å². The summed E-state index contributed by atoms with van der Waals surface area (Å²) in [5.74, 6) is 0.582. The number of amides is 1. The van der Waals surface area contributed by atoms with Crippen molar-refractivity contribution in [2.24, 2.45) is 0 Å². The van der Waals surface area contributed by atoms with Crippen molar-refractivity contribution in [3.05, 3.63) is 52.4 Å². The molecule has 1 heterocycles. The van der Waals surface area contributed by atoms with E-state index >= 15 is 0 Å². The Hall–Kier alpha value is -1.75. The van der Waals surface area contributed by atoms with Crippen molar-refractivity contribution >= 4 is 21.8 Å². The molecule has 0 saturated carbocycles. The van der Waals surface area contributed by atoms with E-state index in [1.165, 1.54) is 6.26 Å². The SMILES string of the molecule is COc1cccc(C(C)NC(=O)c2ccoc2Br)c1. The molecule has 1 aromatic carbocycles. The first kappa shape index (κ1) is 13.7. The lowest BCUT2D eigenvalue weighted by Gasteiger charge is -2.14. The maximum Gasteiger partial charge on any atom is 0.256 e. The quantitative estimate of drug-likeness (QED) is 0.936. The van der Waals surface area contributed by atoms with Gasteiger partial charge in [0.05, 0.1) is 25.0 Å². The van der Waals surface area contributed by atoms with Gasteiger partial charge in [-0.15, -0.1) is 0 Å². The second-order valence-electron chi connectivity index (χ2n) is 4.08. The van der Waals surface area contributed by atoms with Crippen LogP contribution >= 0.6 is 15.9 Å². The van der Waals surface area contributed by atoms with Crippen LogP contribution in [0.15, 0.2) is 45.7 Å².